The first-order valence-electron chi connectivity index (χ1n) is 6.67. The fourth-order valence-corrected chi connectivity index (χ4v) is 1.82. The number of hydrogen-bond donors (Lipinski definition) is 2. The van der Waals surface area contributed by atoms with Gasteiger partial charge >= 0.3 is 5.97 Å². The monoisotopic (exact) mass is 265 g/mol. The number of likely N-dealkylation sites (N-methyl/N-ethyl adjacent to an activating group) is 1. The Labute approximate surface area is 114 Å². The van der Waals surface area contributed by atoms with Crippen molar-refractivity contribution in [2.75, 3.05) is 26.7 Å². The molecule has 0 fully saturated rings. The molecular formula is C14H23N3O2. The van der Waals surface area contributed by atoms with Gasteiger partial charge in [0.1, 0.15) is 6.04 Å². The number of carboxylic acids is 1. The Balaban J connectivity index is 2.35. The molecule has 1 rings (SSSR count). The highest BCUT2D eigenvalue weighted by Crippen LogP contribution is 2.00. The van der Waals surface area contributed by atoms with Crippen LogP contribution in [0.15, 0.2) is 24.5 Å². The molecule has 0 aliphatic carbocycles. The van der Waals surface area contributed by atoms with E-state index in [1.807, 2.05) is 31.0 Å². The molecule has 0 saturated carbocycles. The molecule has 0 radical (unpaired) electrons. The minimum absolute atomic E-state index is 0.498. The molecule has 0 saturated heterocycles. The van der Waals surface area contributed by atoms with Crippen LogP contribution in [-0.4, -0.2) is 53.7 Å². The zero-order chi connectivity index (χ0) is 14.1. The van der Waals surface area contributed by atoms with Gasteiger partial charge in [-0.2, -0.15) is 0 Å². The zero-order valence-corrected chi connectivity index (χ0v) is 11.7. The molecule has 1 heterocycles. The number of carbonyl (C=O) groups is 1. The molecule has 1 aromatic rings. The highest BCUT2D eigenvalue weighted by Gasteiger charge is 2.18. The van der Waals surface area contributed by atoms with Crippen molar-refractivity contribution in [2.24, 2.45) is 0 Å². The molecule has 5 heteroatoms. The molecule has 5 nitrogen and oxygen atoms in total. The number of aliphatic carboxylic acids is 1. The number of carboxylic acid groups (broad SMARTS) is 1. The van der Waals surface area contributed by atoms with E-state index in [1.54, 1.807) is 12.4 Å². The van der Waals surface area contributed by atoms with E-state index in [1.165, 1.54) is 5.56 Å². The predicted molar refractivity (Wildman–Crippen MR) is 75.2 cm³/mol. The van der Waals surface area contributed by atoms with Gasteiger partial charge in [0, 0.05) is 25.5 Å². The van der Waals surface area contributed by atoms with E-state index < -0.39 is 12.0 Å². The lowest BCUT2D eigenvalue weighted by atomic mass is 10.2. The average molecular weight is 265 g/mol. The van der Waals surface area contributed by atoms with Gasteiger partial charge in [-0.25, -0.2) is 0 Å². The number of hydrogen-bond acceptors (Lipinski definition) is 4. The molecule has 1 atom stereocenters. The van der Waals surface area contributed by atoms with Crippen LogP contribution in [0.25, 0.3) is 0 Å². The van der Waals surface area contributed by atoms with Crippen molar-refractivity contribution in [3.05, 3.63) is 30.1 Å². The van der Waals surface area contributed by atoms with Crippen LogP contribution in [-0.2, 0) is 11.2 Å². The lowest BCUT2D eigenvalue weighted by Crippen LogP contribution is -2.45. The van der Waals surface area contributed by atoms with Crippen LogP contribution >= 0.6 is 0 Å². The van der Waals surface area contributed by atoms with Gasteiger partial charge in [0.15, 0.2) is 0 Å². The van der Waals surface area contributed by atoms with E-state index >= 15 is 0 Å². The summed E-state index contributed by atoms with van der Waals surface area (Å²) in [5, 5.41) is 12.2. The maximum Gasteiger partial charge on any atom is 0.322 e. The Morgan fingerprint density at radius 1 is 1.47 bits per heavy atom. The Morgan fingerprint density at radius 3 is 2.74 bits per heavy atom. The largest absolute Gasteiger partial charge is 0.480 e. The molecule has 2 N–H and O–H groups in total. The molecule has 1 aromatic heterocycles. The lowest BCUT2D eigenvalue weighted by molar-refractivity contribution is -0.139. The second-order valence-electron chi connectivity index (χ2n) is 4.71. The van der Waals surface area contributed by atoms with Crippen molar-refractivity contribution >= 4 is 5.97 Å². The van der Waals surface area contributed by atoms with Gasteiger partial charge in [-0.15, -0.1) is 0 Å². The second kappa shape index (κ2) is 8.61. The van der Waals surface area contributed by atoms with E-state index in [2.05, 4.69) is 10.3 Å². The van der Waals surface area contributed by atoms with Crippen LogP contribution in [0.3, 0.4) is 0 Å². The first-order chi connectivity index (χ1) is 9.13. The van der Waals surface area contributed by atoms with E-state index in [-0.39, 0.29) is 0 Å². The van der Waals surface area contributed by atoms with Crippen molar-refractivity contribution in [1.29, 1.82) is 0 Å². The summed E-state index contributed by atoms with van der Waals surface area (Å²) in [5.41, 5.74) is 1.22. The van der Waals surface area contributed by atoms with Crippen molar-refractivity contribution in [3.63, 3.8) is 0 Å². The molecule has 0 aromatic carbocycles. The summed E-state index contributed by atoms with van der Waals surface area (Å²) >= 11 is 0. The number of nitrogens with one attached hydrogen (secondary N) is 1. The number of rotatable bonds is 9. The summed E-state index contributed by atoms with van der Waals surface area (Å²) in [5.74, 6) is -0.788. The van der Waals surface area contributed by atoms with Gasteiger partial charge in [-0.3, -0.25) is 9.78 Å². The van der Waals surface area contributed by atoms with Crippen LogP contribution in [0.4, 0.5) is 0 Å². The summed E-state index contributed by atoms with van der Waals surface area (Å²) in [6, 6.07) is 3.47. The minimum atomic E-state index is -0.788. The molecule has 0 amide bonds. The fraction of sp³-hybridized carbons (Fsp3) is 0.571. The number of nitrogens with zero attached hydrogens (tertiary/aromatic N) is 2. The van der Waals surface area contributed by atoms with Gasteiger partial charge in [-0.05, 0) is 44.1 Å². The SMILES string of the molecule is CCCNC(CN(C)CCc1ccncc1)C(=O)O. The Morgan fingerprint density at radius 2 is 2.16 bits per heavy atom. The first kappa shape index (κ1) is 15.6. The van der Waals surface area contributed by atoms with Crippen molar-refractivity contribution < 1.29 is 9.90 Å². The van der Waals surface area contributed by atoms with Crippen molar-refractivity contribution in [2.45, 2.75) is 25.8 Å². The molecule has 0 spiro atoms. The van der Waals surface area contributed by atoms with Crippen molar-refractivity contribution in [1.82, 2.24) is 15.2 Å². The topological polar surface area (TPSA) is 65.5 Å². The summed E-state index contributed by atoms with van der Waals surface area (Å²) in [6.45, 7) is 4.11. The number of pyridine rings is 1. The van der Waals surface area contributed by atoms with E-state index in [0.717, 1.165) is 25.9 Å². The first-order valence-corrected chi connectivity index (χ1v) is 6.67. The highest BCUT2D eigenvalue weighted by molar-refractivity contribution is 5.73. The van der Waals surface area contributed by atoms with Gasteiger partial charge in [0.05, 0.1) is 0 Å². The summed E-state index contributed by atoms with van der Waals surface area (Å²) in [6.07, 6.45) is 5.39. The second-order valence-corrected chi connectivity index (χ2v) is 4.71. The third kappa shape index (κ3) is 6.31. The van der Waals surface area contributed by atoms with E-state index in [9.17, 15) is 4.79 Å². The van der Waals surface area contributed by atoms with Crippen molar-refractivity contribution in [3.8, 4) is 0 Å². The third-order valence-corrected chi connectivity index (χ3v) is 2.96. The Kier molecular flexibility index (Phi) is 7.07. The quantitative estimate of drug-likeness (QED) is 0.697. The minimum Gasteiger partial charge on any atom is -0.480 e. The van der Waals surface area contributed by atoms with Crippen LogP contribution in [0.1, 0.15) is 18.9 Å². The van der Waals surface area contributed by atoms with Gasteiger partial charge in [0.2, 0.25) is 0 Å². The summed E-state index contributed by atoms with van der Waals surface area (Å²) in [4.78, 5) is 17.1. The maximum absolute atomic E-state index is 11.1. The van der Waals surface area contributed by atoms with E-state index in [4.69, 9.17) is 5.11 Å². The normalized spacial score (nSPS) is 12.6. The maximum atomic E-state index is 11.1. The summed E-state index contributed by atoms with van der Waals surface area (Å²) < 4.78 is 0. The molecule has 0 aliphatic heterocycles. The molecule has 19 heavy (non-hydrogen) atoms. The smallest absolute Gasteiger partial charge is 0.322 e. The van der Waals surface area contributed by atoms with Crippen LogP contribution in [0.2, 0.25) is 0 Å². The summed E-state index contributed by atoms with van der Waals surface area (Å²) in [7, 11) is 1.95. The Hall–Kier alpha value is -1.46. The van der Waals surface area contributed by atoms with Crippen LogP contribution in [0.5, 0.6) is 0 Å². The van der Waals surface area contributed by atoms with Gasteiger partial charge in [-0.1, -0.05) is 6.92 Å². The highest BCUT2D eigenvalue weighted by atomic mass is 16.4. The molecule has 0 aliphatic rings. The predicted octanol–water partition coefficient (Wildman–Crippen LogP) is 1.01. The molecular weight excluding hydrogens is 242 g/mol. The Bertz CT molecular complexity index is 370. The zero-order valence-electron chi connectivity index (χ0n) is 11.7. The average Bonchev–Trinajstić information content (AvgIpc) is 2.42. The standard InChI is InChI=1S/C14H23N3O2/c1-3-7-16-13(14(18)19)11-17(2)10-6-12-4-8-15-9-5-12/h4-5,8-9,13,16H,3,6-7,10-11H2,1-2H3,(H,18,19). The van der Waals surface area contributed by atoms with Gasteiger partial charge in [0.25, 0.3) is 0 Å². The van der Waals surface area contributed by atoms with Crippen LogP contribution < -0.4 is 5.32 Å². The third-order valence-electron chi connectivity index (χ3n) is 2.96. The lowest BCUT2D eigenvalue weighted by Gasteiger charge is -2.22. The van der Waals surface area contributed by atoms with Crippen LogP contribution in [0, 0.1) is 0 Å². The van der Waals surface area contributed by atoms with Gasteiger partial charge < -0.3 is 15.3 Å². The number of aromatic nitrogens is 1. The molecule has 0 bridgehead atoms. The molecule has 106 valence electrons. The van der Waals surface area contributed by atoms with E-state index in [0.29, 0.717) is 6.54 Å². The fourth-order valence-electron chi connectivity index (χ4n) is 1.82. The molecule has 1 unspecified atom stereocenters.